The molecule has 7 heteroatoms. The van der Waals surface area contributed by atoms with E-state index in [4.69, 9.17) is 4.74 Å². The van der Waals surface area contributed by atoms with Crippen LogP contribution in [0.25, 0.3) is 0 Å². The SMILES string of the molecule is C[C@]1(C2CC2)COC(=O)N1c1nc(F)ncc1F. The number of carbonyl (C=O) groups is 1. The number of hydrogen-bond acceptors (Lipinski definition) is 4. The van der Waals surface area contributed by atoms with E-state index in [1.54, 1.807) is 6.92 Å². The Morgan fingerprint density at radius 1 is 1.50 bits per heavy atom. The van der Waals surface area contributed by atoms with Gasteiger partial charge >= 0.3 is 12.2 Å². The van der Waals surface area contributed by atoms with Crippen molar-refractivity contribution in [2.75, 3.05) is 11.5 Å². The summed E-state index contributed by atoms with van der Waals surface area (Å²) in [6.07, 6.45) is 0.847. The van der Waals surface area contributed by atoms with Gasteiger partial charge in [0.15, 0.2) is 11.6 Å². The number of halogens is 2. The second-order valence-electron chi connectivity index (χ2n) is 4.83. The topological polar surface area (TPSA) is 55.3 Å². The molecule has 5 nitrogen and oxygen atoms in total. The van der Waals surface area contributed by atoms with Gasteiger partial charge in [0.25, 0.3) is 0 Å². The van der Waals surface area contributed by atoms with Crippen molar-refractivity contribution >= 4 is 11.9 Å². The average molecular weight is 255 g/mol. The van der Waals surface area contributed by atoms with E-state index in [2.05, 4.69) is 9.97 Å². The Morgan fingerprint density at radius 3 is 2.89 bits per heavy atom. The van der Waals surface area contributed by atoms with Gasteiger partial charge in [-0.15, -0.1) is 0 Å². The Kier molecular flexibility index (Phi) is 2.26. The highest BCUT2D eigenvalue weighted by Crippen LogP contribution is 2.47. The van der Waals surface area contributed by atoms with E-state index in [1.165, 1.54) is 0 Å². The molecule has 0 unspecified atom stereocenters. The summed E-state index contributed by atoms with van der Waals surface area (Å²) in [6.45, 7) is 1.97. The van der Waals surface area contributed by atoms with Crippen LogP contribution in [0.2, 0.25) is 0 Å². The lowest BCUT2D eigenvalue weighted by atomic mass is 9.96. The number of aromatic nitrogens is 2. The fourth-order valence-electron chi connectivity index (χ4n) is 2.37. The first-order valence-electron chi connectivity index (χ1n) is 5.67. The monoisotopic (exact) mass is 255 g/mol. The molecule has 0 bridgehead atoms. The molecule has 3 rings (SSSR count). The third kappa shape index (κ3) is 1.53. The molecule has 2 aliphatic rings. The van der Waals surface area contributed by atoms with E-state index in [0.717, 1.165) is 23.9 Å². The molecule has 2 heterocycles. The van der Waals surface area contributed by atoms with Crippen LogP contribution in [0.3, 0.4) is 0 Å². The van der Waals surface area contributed by atoms with Crippen LogP contribution in [0.5, 0.6) is 0 Å². The molecule has 2 fully saturated rings. The lowest BCUT2D eigenvalue weighted by Gasteiger charge is -2.31. The second kappa shape index (κ2) is 3.60. The summed E-state index contributed by atoms with van der Waals surface area (Å²) in [6, 6.07) is 0. The zero-order chi connectivity index (χ0) is 12.9. The predicted octanol–water partition coefficient (Wildman–Crippen LogP) is 1.88. The largest absolute Gasteiger partial charge is 0.447 e. The van der Waals surface area contributed by atoms with Crippen LogP contribution in [0.15, 0.2) is 6.20 Å². The fourth-order valence-corrected chi connectivity index (χ4v) is 2.37. The van der Waals surface area contributed by atoms with E-state index in [0.29, 0.717) is 0 Å². The molecule has 18 heavy (non-hydrogen) atoms. The van der Waals surface area contributed by atoms with Crippen LogP contribution in [-0.4, -0.2) is 28.2 Å². The Labute approximate surface area is 102 Å². The van der Waals surface area contributed by atoms with E-state index in [9.17, 15) is 13.6 Å². The van der Waals surface area contributed by atoms with Gasteiger partial charge in [-0.2, -0.15) is 9.37 Å². The zero-order valence-corrected chi connectivity index (χ0v) is 9.69. The Hall–Kier alpha value is -1.79. The maximum atomic E-state index is 13.7. The van der Waals surface area contributed by atoms with Gasteiger partial charge in [-0.25, -0.2) is 19.1 Å². The number of hydrogen-bond donors (Lipinski definition) is 0. The first-order valence-corrected chi connectivity index (χ1v) is 5.67. The minimum Gasteiger partial charge on any atom is -0.447 e. The number of cyclic esters (lactones) is 1. The zero-order valence-electron chi connectivity index (χ0n) is 9.69. The molecule has 0 aromatic carbocycles. The fraction of sp³-hybridized carbons (Fsp3) is 0.545. The van der Waals surface area contributed by atoms with Crippen LogP contribution in [0.1, 0.15) is 19.8 Å². The molecule has 1 aliphatic carbocycles. The van der Waals surface area contributed by atoms with Gasteiger partial charge in [-0.05, 0) is 25.7 Å². The minimum atomic E-state index is -1.07. The maximum absolute atomic E-state index is 13.7. The second-order valence-corrected chi connectivity index (χ2v) is 4.83. The molecule has 0 spiro atoms. The van der Waals surface area contributed by atoms with Gasteiger partial charge in [-0.1, -0.05) is 0 Å². The molecular weight excluding hydrogens is 244 g/mol. The van der Waals surface area contributed by atoms with Crippen LogP contribution in [0.4, 0.5) is 19.4 Å². The van der Waals surface area contributed by atoms with E-state index < -0.39 is 23.5 Å². The van der Waals surface area contributed by atoms with Crippen LogP contribution in [0, 0.1) is 17.8 Å². The molecular formula is C11H11F2N3O2. The molecule has 1 atom stereocenters. The van der Waals surface area contributed by atoms with Gasteiger partial charge in [0, 0.05) is 0 Å². The van der Waals surface area contributed by atoms with E-state index in [1.807, 2.05) is 0 Å². The standard InChI is InChI=1S/C11H11F2N3O2/c1-11(6-2-3-6)5-18-10(17)16(11)8-7(12)4-14-9(13)15-8/h4,6H,2-3,5H2,1H3/t11-/m1/s1. The number of rotatable bonds is 2. The van der Waals surface area contributed by atoms with Crippen LogP contribution < -0.4 is 4.90 Å². The first-order chi connectivity index (χ1) is 8.52. The molecule has 1 amide bonds. The molecule has 0 radical (unpaired) electrons. The maximum Gasteiger partial charge on any atom is 0.416 e. The van der Waals surface area contributed by atoms with Crippen molar-refractivity contribution in [2.45, 2.75) is 25.3 Å². The Balaban J connectivity index is 2.07. The summed E-state index contributed by atoms with van der Waals surface area (Å²) in [5.74, 6) is -0.942. The number of nitrogens with zero attached hydrogens (tertiary/aromatic N) is 3. The van der Waals surface area contributed by atoms with Gasteiger partial charge in [0.2, 0.25) is 0 Å². The lowest BCUT2D eigenvalue weighted by Crippen LogP contribution is -2.47. The highest BCUT2D eigenvalue weighted by Gasteiger charge is 2.55. The Bertz CT molecular complexity index is 521. The molecule has 1 saturated carbocycles. The predicted molar refractivity (Wildman–Crippen MR) is 56.9 cm³/mol. The highest BCUT2D eigenvalue weighted by molar-refractivity contribution is 5.90. The molecule has 1 saturated heterocycles. The molecule has 1 aliphatic heterocycles. The van der Waals surface area contributed by atoms with Crippen LogP contribution >= 0.6 is 0 Å². The van der Waals surface area contributed by atoms with Crippen molar-refractivity contribution in [3.05, 3.63) is 18.1 Å². The summed E-state index contributed by atoms with van der Waals surface area (Å²) in [5.41, 5.74) is -0.654. The van der Waals surface area contributed by atoms with Gasteiger partial charge in [-0.3, -0.25) is 0 Å². The van der Waals surface area contributed by atoms with Crippen molar-refractivity contribution in [1.29, 1.82) is 0 Å². The van der Waals surface area contributed by atoms with Crippen molar-refractivity contribution in [2.24, 2.45) is 5.92 Å². The molecule has 96 valence electrons. The van der Waals surface area contributed by atoms with Crippen molar-refractivity contribution in [1.82, 2.24) is 9.97 Å². The number of anilines is 1. The molecule has 1 aromatic heterocycles. The van der Waals surface area contributed by atoms with E-state index >= 15 is 0 Å². The van der Waals surface area contributed by atoms with Gasteiger partial charge in [0.1, 0.15) is 6.61 Å². The molecule has 0 N–H and O–H groups in total. The quantitative estimate of drug-likeness (QED) is 0.757. The summed E-state index contributed by atoms with van der Waals surface area (Å²) >= 11 is 0. The first kappa shape index (κ1) is 11.3. The smallest absolute Gasteiger partial charge is 0.416 e. The van der Waals surface area contributed by atoms with Crippen molar-refractivity contribution < 1.29 is 18.3 Å². The third-order valence-corrected chi connectivity index (χ3v) is 3.55. The number of ether oxygens (including phenoxy) is 1. The minimum absolute atomic E-state index is 0.168. The van der Waals surface area contributed by atoms with Crippen molar-refractivity contribution in [3.8, 4) is 0 Å². The van der Waals surface area contributed by atoms with Crippen LogP contribution in [-0.2, 0) is 4.74 Å². The summed E-state index contributed by atoms with van der Waals surface area (Å²) in [4.78, 5) is 19.4. The lowest BCUT2D eigenvalue weighted by molar-refractivity contribution is 0.172. The third-order valence-electron chi connectivity index (χ3n) is 3.55. The van der Waals surface area contributed by atoms with E-state index in [-0.39, 0.29) is 18.3 Å². The number of carbonyl (C=O) groups excluding carboxylic acids is 1. The summed E-state index contributed by atoms with van der Waals surface area (Å²) < 4.78 is 31.7. The molecule has 1 aromatic rings. The highest BCUT2D eigenvalue weighted by atomic mass is 19.1. The summed E-state index contributed by atoms with van der Waals surface area (Å²) in [7, 11) is 0. The average Bonchev–Trinajstić information content (AvgIpc) is 3.12. The van der Waals surface area contributed by atoms with Crippen molar-refractivity contribution in [3.63, 3.8) is 0 Å². The number of amides is 1. The normalized spacial score (nSPS) is 27.5. The van der Waals surface area contributed by atoms with Gasteiger partial charge < -0.3 is 4.74 Å². The Morgan fingerprint density at radius 2 is 2.22 bits per heavy atom. The van der Waals surface area contributed by atoms with Gasteiger partial charge in [0.05, 0.1) is 11.7 Å². The summed E-state index contributed by atoms with van der Waals surface area (Å²) in [5, 5.41) is 0.